The number of aromatic nitrogens is 1. The molecule has 0 atom stereocenters. The van der Waals surface area contributed by atoms with Crippen LogP contribution in [-0.2, 0) is 6.54 Å². The van der Waals surface area contributed by atoms with Gasteiger partial charge >= 0.3 is 0 Å². The number of rotatable bonds is 6. The monoisotopic (exact) mass is 355 g/mol. The predicted molar refractivity (Wildman–Crippen MR) is 98.0 cm³/mol. The van der Waals surface area contributed by atoms with Gasteiger partial charge in [-0.05, 0) is 55.9 Å². The van der Waals surface area contributed by atoms with Gasteiger partial charge in [-0.1, -0.05) is 0 Å². The van der Waals surface area contributed by atoms with Crippen LogP contribution in [0.15, 0.2) is 34.9 Å². The number of anilines is 1. The highest BCUT2D eigenvalue weighted by Gasteiger charge is 2.28. The molecule has 1 amide bonds. The van der Waals surface area contributed by atoms with Crippen molar-refractivity contribution in [3.63, 3.8) is 0 Å². The maximum absolute atomic E-state index is 12.6. The molecular weight excluding hydrogens is 330 g/mol. The van der Waals surface area contributed by atoms with E-state index in [9.17, 15) is 9.90 Å². The highest BCUT2D eigenvalue weighted by molar-refractivity contribution is 5.94. The lowest BCUT2D eigenvalue weighted by Crippen LogP contribution is -2.39. The average Bonchev–Trinajstić information content (AvgIpc) is 3.44. The van der Waals surface area contributed by atoms with Crippen molar-refractivity contribution in [1.29, 1.82) is 0 Å². The van der Waals surface area contributed by atoms with Crippen molar-refractivity contribution in [3.8, 4) is 0 Å². The van der Waals surface area contributed by atoms with E-state index in [4.69, 9.17) is 4.42 Å². The molecule has 1 aliphatic carbocycles. The summed E-state index contributed by atoms with van der Waals surface area (Å²) in [6.45, 7) is 2.25. The Labute approximate surface area is 153 Å². The Bertz CT molecular complexity index is 744. The molecule has 1 aliphatic heterocycles. The van der Waals surface area contributed by atoms with Crippen LogP contribution in [0.3, 0.4) is 0 Å². The molecule has 26 heavy (non-hydrogen) atoms. The van der Waals surface area contributed by atoms with Crippen LogP contribution in [0.5, 0.6) is 0 Å². The summed E-state index contributed by atoms with van der Waals surface area (Å²) in [5, 5.41) is 12.5. The fourth-order valence-electron chi connectivity index (χ4n) is 3.34. The maximum Gasteiger partial charge on any atom is 0.253 e. The van der Waals surface area contributed by atoms with Crippen molar-refractivity contribution in [1.82, 2.24) is 9.88 Å². The lowest BCUT2D eigenvalue weighted by molar-refractivity contribution is 0.0651. The Morgan fingerprint density at radius 2 is 1.92 bits per heavy atom. The van der Waals surface area contributed by atoms with E-state index in [0.29, 0.717) is 23.9 Å². The van der Waals surface area contributed by atoms with E-state index in [-0.39, 0.29) is 12.5 Å². The minimum absolute atomic E-state index is 0.0669. The van der Waals surface area contributed by atoms with Crippen LogP contribution in [0, 0.1) is 5.92 Å². The van der Waals surface area contributed by atoms with E-state index < -0.39 is 0 Å². The maximum atomic E-state index is 12.6. The standard InChI is InChI=1S/C20H25N3O3/c24-13-14-7-9-23(10-8-14)20(25)16-3-5-17(6-4-16)21-11-18-12-22-19(26-18)15-1-2-15/h3-6,12,14-15,21,24H,1-2,7-11,13H2. The molecule has 1 saturated heterocycles. The van der Waals surface area contributed by atoms with Gasteiger partial charge in [-0.3, -0.25) is 4.79 Å². The number of oxazole rings is 1. The first-order chi connectivity index (χ1) is 12.7. The Morgan fingerprint density at radius 1 is 1.19 bits per heavy atom. The van der Waals surface area contributed by atoms with Gasteiger partial charge in [-0.15, -0.1) is 0 Å². The molecule has 0 radical (unpaired) electrons. The Morgan fingerprint density at radius 3 is 2.58 bits per heavy atom. The zero-order valence-electron chi connectivity index (χ0n) is 14.9. The van der Waals surface area contributed by atoms with Crippen LogP contribution in [-0.4, -0.2) is 40.6 Å². The zero-order chi connectivity index (χ0) is 17.9. The van der Waals surface area contributed by atoms with E-state index in [1.807, 2.05) is 29.2 Å². The number of amides is 1. The fourth-order valence-corrected chi connectivity index (χ4v) is 3.34. The first kappa shape index (κ1) is 17.1. The second-order valence-electron chi connectivity index (χ2n) is 7.29. The van der Waals surface area contributed by atoms with Crippen molar-refractivity contribution in [2.24, 2.45) is 5.92 Å². The molecule has 0 spiro atoms. The minimum atomic E-state index is 0.0669. The van der Waals surface area contributed by atoms with Crippen LogP contribution < -0.4 is 5.32 Å². The Kier molecular flexibility index (Phi) is 4.93. The largest absolute Gasteiger partial charge is 0.444 e. The smallest absolute Gasteiger partial charge is 0.253 e. The fraction of sp³-hybridized carbons (Fsp3) is 0.500. The summed E-state index contributed by atoms with van der Waals surface area (Å²) < 4.78 is 5.74. The Balaban J connectivity index is 1.30. The first-order valence-corrected chi connectivity index (χ1v) is 9.41. The molecule has 138 valence electrons. The number of aliphatic hydroxyl groups is 1. The van der Waals surface area contributed by atoms with Gasteiger partial charge in [0.1, 0.15) is 5.76 Å². The van der Waals surface area contributed by atoms with Crippen LogP contribution in [0.1, 0.15) is 53.6 Å². The van der Waals surface area contributed by atoms with Crippen LogP contribution in [0.4, 0.5) is 5.69 Å². The van der Waals surface area contributed by atoms with Crippen LogP contribution in [0.25, 0.3) is 0 Å². The van der Waals surface area contributed by atoms with Gasteiger partial charge in [0.2, 0.25) is 0 Å². The number of carbonyl (C=O) groups excluding carboxylic acids is 1. The summed E-state index contributed by atoms with van der Waals surface area (Å²) in [4.78, 5) is 18.8. The molecule has 2 fully saturated rings. The second-order valence-corrected chi connectivity index (χ2v) is 7.29. The van der Waals surface area contributed by atoms with Gasteiger partial charge in [0.05, 0.1) is 12.7 Å². The van der Waals surface area contributed by atoms with Crippen LogP contribution in [0.2, 0.25) is 0 Å². The van der Waals surface area contributed by atoms with Crippen molar-refractivity contribution < 1.29 is 14.3 Å². The Hall–Kier alpha value is -2.34. The summed E-state index contributed by atoms with van der Waals surface area (Å²) in [6, 6.07) is 7.56. The molecule has 1 aromatic heterocycles. The highest BCUT2D eigenvalue weighted by Crippen LogP contribution is 2.39. The van der Waals surface area contributed by atoms with Gasteiger partial charge in [-0.2, -0.15) is 0 Å². The summed E-state index contributed by atoms with van der Waals surface area (Å²) >= 11 is 0. The first-order valence-electron chi connectivity index (χ1n) is 9.41. The molecule has 1 aromatic carbocycles. The molecule has 1 saturated carbocycles. The molecule has 0 unspecified atom stereocenters. The van der Waals surface area contributed by atoms with Crippen LogP contribution >= 0.6 is 0 Å². The average molecular weight is 355 g/mol. The molecular formula is C20H25N3O3. The van der Waals surface area contributed by atoms with E-state index in [1.54, 1.807) is 6.20 Å². The van der Waals surface area contributed by atoms with Crippen molar-refractivity contribution in [2.45, 2.75) is 38.1 Å². The van der Waals surface area contributed by atoms with E-state index in [0.717, 1.165) is 43.3 Å². The highest BCUT2D eigenvalue weighted by atomic mass is 16.4. The summed E-state index contributed by atoms with van der Waals surface area (Å²) in [7, 11) is 0. The topological polar surface area (TPSA) is 78.6 Å². The van der Waals surface area contributed by atoms with E-state index >= 15 is 0 Å². The molecule has 2 aliphatic rings. The van der Waals surface area contributed by atoms with E-state index in [1.165, 1.54) is 12.8 Å². The third-order valence-corrected chi connectivity index (χ3v) is 5.26. The molecule has 2 N–H and O–H groups in total. The molecule has 6 nitrogen and oxygen atoms in total. The SMILES string of the molecule is O=C(c1ccc(NCc2cnc(C3CC3)o2)cc1)N1CCC(CO)CC1. The van der Waals surface area contributed by atoms with Gasteiger partial charge in [0.25, 0.3) is 5.91 Å². The zero-order valence-corrected chi connectivity index (χ0v) is 14.9. The lowest BCUT2D eigenvalue weighted by Gasteiger charge is -2.31. The van der Waals surface area contributed by atoms with Crippen molar-refractivity contribution >= 4 is 11.6 Å². The second kappa shape index (κ2) is 7.50. The number of hydrogen-bond acceptors (Lipinski definition) is 5. The lowest BCUT2D eigenvalue weighted by atomic mass is 9.97. The molecule has 6 heteroatoms. The summed E-state index contributed by atoms with van der Waals surface area (Å²) in [6.07, 6.45) is 5.90. The predicted octanol–water partition coefficient (Wildman–Crippen LogP) is 3.01. The number of likely N-dealkylation sites (tertiary alicyclic amines) is 1. The number of nitrogens with one attached hydrogen (secondary N) is 1. The summed E-state index contributed by atoms with van der Waals surface area (Å²) in [5.41, 5.74) is 1.65. The van der Waals surface area contributed by atoms with Gasteiger partial charge < -0.3 is 19.7 Å². The van der Waals surface area contributed by atoms with Crippen molar-refractivity contribution in [2.75, 3.05) is 25.0 Å². The number of nitrogens with zero attached hydrogens (tertiary/aromatic N) is 2. The summed E-state index contributed by atoms with van der Waals surface area (Å²) in [5.74, 6) is 2.61. The molecule has 0 bridgehead atoms. The molecule has 4 rings (SSSR count). The number of carbonyl (C=O) groups is 1. The number of benzene rings is 1. The van der Waals surface area contributed by atoms with Gasteiger partial charge in [0, 0.05) is 36.9 Å². The van der Waals surface area contributed by atoms with E-state index in [2.05, 4.69) is 10.3 Å². The third kappa shape index (κ3) is 3.90. The molecule has 2 aromatic rings. The van der Waals surface area contributed by atoms with Crippen molar-refractivity contribution in [3.05, 3.63) is 47.7 Å². The normalized spacial score (nSPS) is 18.1. The minimum Gasteiger partial charge on any atom is -0.444 e. The van der Waals surface area contributed by atoms with Gasteiger partial charge in [-0.25, -0.2) is 4.98 Å². The number of aliphatic hydroxyl groups excluding tert-OH is 1. The quantitative estimate of drug-likeness (QED) is 0.833. The molecule has 2 heterocycles. The van der Waals surface area contributed by atoms with Gasteiger partial charge in [0.15, 0.2) is 5.89 Å². The number of piperidine rings is 1. The number of hydrogen-bond donors (Lipinski definition) is 2. The third-order valence-electron chi connectivity index (χ3n) is 5.26.